The van der Waals surface area contributed by atoms with Crippen LogP contribution in [-0.4, -0.2) is 46.0 Å². The van der Waals surface area contributed by atoms with Crippen LogP contribution in [0.25, 0.3) is 0 Å². The van der Waals surface area contributed by atoms with Crippen molar-refractivity contribution in [3.05, 3.63) is 71.8 Å². The van der Waals surface area contributed by atoms with Crippen molar-refractivity contribution in [2.45, 2.75) is 76.3 Å². The normalized spacial score (nSPS) is 12.3. The first-order chi connectivity index (χ1) is 17.3. The molecular weight excluding hydrogens is 460 g/mol. The Hall–Kier alpha value is -3.68. The topological polar surface area (TPSA) is 133 Å². The molecule has 0 saturated heterocycles. The fourth-order valence-electron chi connectivity index (χ4n) is 3.91. The van der Waals surface area contributed by atoms with Crippen molar-refractivity contribution in [1.82, 2.24) is 10.6 Å². The predicted molar refractivity (Wildman–Crippen MR) is 136 cm³/mol. The summed E-state index contributed by atoms with van der Waals surface area (Å²) in [6, 6.07) is 16.5. The summed E-state index contributed by atoms with van der Waals surface area (Å²) in [7, 11) is 0. The zero-order valence-corrected chi connectivity index (χ0v) is 20.5. The van der Waals surface area contributed by atoms with Gasteiger partial charge < -0.3 is 20.8 Å². The van der Waals surface area contributed by atoms with Gasteiger partial charge in [-0.1, -0.05) is 86.3 Å². The highest BCUT2D eigenvalue weighted by Crippen LogP contribution is 2.10. The SMILES string of the molecule is O=C(CCCCCCCCC(=O)N[C@@H](Cc1ccccc1)C(=O)O)N[C@@H](Cc1ccccc1)C(=O)O. The molecule has 0 aliphatic heterocycles. The highest BCUT2D eigenvalue weighted by atomic mass is 16.4. The molecule has 2 amide bonds. The van der Waals surface area contributed by atoms with E-state index < -0.39 is 24.0 Å². The first kappa shape index (κ1) is 28.6. The van der Waals surface area contributed by atoms with Crippen molar-refractivity contribution < 1.29 is 29.4 Å². The number of carboxylic acids is 2. The van der Waals surface area contributed by atoms with Crippen LogP contribution in [0.1, 0.15) is 62.5 Å². The van der Waals surface area contributed by atoms with Gasteiger partial charge in [0.25, 0.3) is 0 Å². The minimum Gasteiger partial charge on any atom is -0.480 e. The average Bonchev–Trinajstić information content (AvgIpc) is 2.86. The van der Waals surface area contributed by atoms with E-state index in [-0.39, 0.29) is 37.5 Å². The quantitative estimate of drug-likeness (QED) is 0.247. The molecule has 36 heavy (non-hydrogen) atoms. The van der Waals surface area contributed by atoms with Gasteiger partial charge in [0.1, 0.15) is 12.1 Å². The van der Waals surface area contributed by atoms with Crippen LogP contribution in [0.5, 0.6) is 0 Å². The van der Waals surface area contributed by atoms with Crippen LogP contribution in [0, 0.1) is 0 Å². The van der Waals surface area contributed by atoms with Crippen LogP contribution in [0.15, 0.2) is 60.7 Å². The van der Waals surface area contributed by atoms with Crippen molar-refractivity contribution in [3.8, 4) is 0 Å². The molecule has 0 saturated carbocycles. The van der Waals surface area contributed by atoms with Gasteiger partial charge in [-0.2, -0.15) is 0 Å². The zero-order chi connectivity index (χ0) is 26.2. The zero-order valence-electron chi connectivity index (χ0n) is 20.5. The molecule has 0 fully saturated rings. The van der Waals surface area contributed by atoms with E-state index >= 15 is 0 Å². The summed E-state index contributed by atoms with van der Waals surface area (Å²) in [4.78, 5) is 47.2. The highest BCUT2D eigenvalue weighted by molar-refractivity contribution is 5.84. The van der Waals surface area contributed by atoms with E-state index in [1.54, 1.807) is 0 Å². The predicted octanol–water partition coefficient (Wildman–Crippen LogP) is 3.73. The summed E-state index contributed by atoms with van der Waals surface area (Å²) in [6.45, 7) is 0. The number of benzene rings is 2. The number of rotatable bonds is 17. The summed E-state index contributed by atoms with van der Waals surface area (Å²) < 4.78 is 0. The number of hydrogen-bond acceptors (Lipinski definition) is 4. The Labute approximate surface area is 212 Å². The maximum atomic E-state index is 12.1. The molecule has 2 atom stereocenters. The second kappa shape index (κ2) is 16.1. The summed E-state index contributed by atoms with van der Waals surface area (Å²) in [5, 5.41) is 24.0. The van der Waals surface area contributed by atoms with Crippen LogP contribution in [0.4, 0.5) is 0 Å². The van der Waals surface area contributed by atoms with Crippen LogP contribution < -0.4 is 10.6 Å². The number of nitrogens with one attached hydrogen (secondary N) is 2. The van der Waals surface area contributed by atoms with Gasteiger partial charge in [0.15, 0.2) is 0 Å². The Morgan fingerprint density at radius 2 is 0.889 bits per heavy atom. The molecule has 8 heteroatoms. The molecule has 0 aliphatic carbocycles. The van der Waals surface area contributed by atoms with Crippen molar-refractivity contribution in [2.75, 3.05) is 0 Å². The van der Waals surface area contributed by atoms with E-state index in [0.717, 1.165) is 36.8 Å². The number of carbonyl (C=O) groups is 4. The van der Waals surface area contributed by atoms with Crippen molar-refractivity contribution in [2.24, 2.45) is 0 Å². The second-order valence-corrected chi connectivity index (χ2v) is 8.92. The van der Waals surface area contributed by atoms with Crippen LogP contribution in [0.3, 0.4) is 0 Å². The van der Waals surface area contributed by atoms with Gasteiger partial charge in [-0.05, 0) is 24.0 Å². The first-order valence-electron chi connectivity index (χ1n) is 12.5. The van der Waals surface area contributed by atoms with Gasteiger partial charge in [-0.15, -0.1) is 0 Å². The molecule has 194 valence electrons. The van der Waals surface area contributed by atoms with Gasteiger partial charge in [0.2, 0.25) is 11.8 Å². The highest BCUT2D eigenvalue weighted by Gasteiger charge is 2.21. The first-order valence-corrected chi connectivity index (χ1v) is 12.5. The van der Waals surface area contributed by atoms with Crippen LogP contribution in [0.2, 0.25) is 0 Å². The summed E-state index contributed by atoms with van der Waals surface area (Å²) >= 11 is 0. The summed E-state index contributed by atoms with van der Waals surface area (Å²) in [5.41, 5.74) is 1.71. The van der Waals surface area contributed by atoms with E-state index in [1.807, 2.05) is 60.7 Å². The van der Waals surface area contributed by atoms with E-state index in [1.165, 1.54) is 0 Å². The second-order valence-electron chi connectivity index (χ2n) is 8.92. The largest absolute Gasteiger partial charge is 0.480 e. The molecule has 0 heterocycles. The average molecular weight is 497 g/mol. The minimum atomic E-state index is -1.05. The molecule has 2 aromatic rings. The molecule has 0 aromatic heterocycles. The Morgan fingerprint density at radius 1 is 0.556 bits per heavy atom. The van der Waals surface area contributed by atoms with Gasteiger partial charge in [0, 0.05) is 25.7 Å². The summed E-state index contributed by atoms with van der Waals surface area (Å²) in [6.07, 6.45) is 5.89. The van der Waals surface area contributed by atoms with Crippen LogP contribution >= 0.6 is 0 Å². The van der Waals surface area contributed by atoms with E-state index in [9.17, 15) is 29.4 Å². The molecule has 0 aliphatic rings. The molecule has 0 bridgehead atoms. The fraction of sp³-hybridized carbons (Fsp3) is 0.429. The number of hydrogen-bond donors (Lipinski definition) is 4. The van der Waals surface area contributed by atoms with E-state index in [0.29, 0.717) is 12.8 Å². The van der Waals surface area contributed by atoms with Crippen molar-refractivity contribution in [3.63, 3.8) is 0 Å². The number of amides is 2. The third kappa shape index (κ3) is 11.6. The van der Waals surface area contributed by atoms with Crippen molar-refractivity contribution in [1.29, 1.82) is 0 Å². The van der Waals surface area contributed by atoms with E-state index in [2.05, 4.69) is 10.6 Å². The lowest BCUT2D eigenvalue weighted by atomic mass is 10.0. The standard InChI is InChI=1S/C28H36N2O6/c31-25(29-23(27(33)34)19-21-13-7-5-8-14-21)17-11-3-1-2-4-12-18-26(32)30-24(28(35)36)20-22-15-9-6-10-16-22/h5-10,13-16,23-24H,1-4,11-12,17-20H2,(H,29,31)(H,30,32)(H,33,34)(H,35,36)/t23-,24-/m0/s1. The molecule has 0 spiro atoms. The molecular formula is C28H36N2O6. The lowest BCUT2D eigenvalue weighted by molar-refractivity contribution is -0.142. The maximum absolute atomic E-state index is 12.1. The third-order valence-electron chi connectivity index (χ3n) is 5.89. The molecule has 8 nitrogen and oxygen atoms in total. The lowest BCUT2D eigenvalue weighted by Gasteiger charge is -2.15. The number of aliphatic carboxylic acids is 2. The molecule has 0 unspecified atom stereocenters. The minimum absolute atomic E-state index is 0.245. The fourth-order valence-corrected chi connectivity index (χ4v) is 3.91. The molecule has 2 aromatic carbocycles. The van der Waals surface area contributed by atoms with Gasteiger partial charge in [-0.3, -0.25) is 9.59 Å². The Kier molecular flexibility index (Phi) is 12.8. The van der Waals surface area contributed by atoms with Gasteiger partial charge >= 0.3 is 11.9 Å². The number of carbonyl (C=O) groups excluding carboxylic acids is 2. The summed E-state index contributed by atoms with van der Waals surface area (Å²) in [5.74, 6) is -2.63. The van der Waals surface area contributed by atoms with Crippen LogP contribution in [-0.2, 0) is 32.0 Å². The van der Waals surface area contributed by atoms with Crippen molar-refractivity contribution >= 4 is 23.8 Å². The maximum Gasteiger partial charge on any atom is 0.326 e. The Bertz CT molecular complexity index is 885. The smallest absolute Gasteiger partial charge is 0.326 e. The number of carboxylic acid groups (broad SMARTS) is 2. The molecule has 2 rings (SSSR count). The third-order valence-corrected chi connectivity index (χ3v) is 5.89. The number of unbranched alkanes of at least 4 members (excludes halogenated alkanes) is 5. The lowest BCUT2D eigenvalue weighted by Crippen LogP contribution is -2.42. The van der Waals surface area contributed by atoms with E-state index in [4.69, 9.17) is 0 Å². The van der Waals surface area contributed by atoms with Gasteiger partial charge in [-0.25, -0.2) is 9.59 Å². The molecule has 0 radical (unpaired) electrons. The Balaban J connectivity index is 1.55. The van der Waals surface area contributed by atoms with Gasteiger partial charge in [0.05, 0.1) is 0 Å². The molecule has 4 N–H and O–H groups in total. The Morgan fingerprint density at radius 3 is 1.22 bits per heavy atom. The monoisotopic (exact) mass is 496 g/mol.